The molecule has 0 aromatic heterocycles. The number of hydrogen-bond donors (Lipinski definition) is 1. The van der Waals surface area contributed by atoms with Gasteiger partial charge in [0.2, 0.25) is 0 Å². The molecule has 2 heteroatoms. The summed E-state index contributed by atoms with van der Waals surface area (Å²) >= 11 is 0. The highest BCUT2D eigenvalue weighted by Gasteiger charge is 2.16. The first-order valence-corrected chi connectivity index (χ1v) is 6.71. The minimum atomic E-state index is 0.683. The molecular weight excluding hydrogens is 184 g/mol. The standard InChI is InChI=1S/C13H28N2/c1-4-8-12(2)14-11-13(3)15-9-6-5-7-10-15/h12-14H,4-11H2,1-3H3. The van der Waals surface area contributed by atoms with Crippen molar-refractivity contribution in [1.29, 1.82) is 0 Å². The maximum Gasteiger partial charge on any atom is 0.0192 e. The molecule has 0 bridgehead atoms. The van der Waals surface area contributed by atoms with E-state index in [1.165, 1.54) is 45.2 Å². The van der Waals surface area contributed by atoms with Crippen LogP contribution >= 0.6 is 0 Å². The Balaban J connectivity index is 2.13. The molecule has 1 fully saturated rings. The van der Waals surface area contributed by atoms with Gasteiger partial charge in [-0.1, -0.05) is 19.8 Å². The Morgan fingerprint density at radius 1 is 1.13 bits per heavy atom. The van der Waals surface area contributed by atoms with Crippen molar-refractivity contribution in [2.75, 3.05) is 19.6 Å². The number of nitrogens with zero attached hydrogens (tertiary/aromatic N) is 1. The van der Waals surface area contributed by atoms with Crippen molar-refractivity contribution < 1.29 is 0 Å². The highest BCUT2D eigenvalue weighted by molar-refractivity contribution is 4.74. The number of hydrogen-bond acceptors (Lipinski definition) is 2. The molecule has 1 N–H and O–H groups in total. The normalized spacial score (nSPS) is 22.6. The van der Waals surface area contributed by atoms with E-state index in [2.05, 4.69) is 31.0 Å². The van der Waals surface area contributed by atoms with Gasteiger partial charge in [0.05, 0.1) is 0 Å². The lowest BCUT2D eigenvalue weighted by Crippen LogP contribution is -2.44. The monoisotopic (exact) mass is 212 g/mol. The first kappa shape index (κ1) is 13.0. The Morgan fingerprint density at radius 2 is 1.80 bits per heavy atom. The molecule has 0 aliphatic carbocycles. The summed E-state index contributed by atoms with van der Waals surface area (Å²) < 4.78 is 0. The second kappa shape index (κ2) is 7.24. The summed E-state index contributed by atoms with van der Waals surface area (Å²) in [7, 11) is 0. The zero-order valence-corrected chi connectivity index (χ0v) is 10.8. The van der Waals surface area contributed by atoms with E-state index in [9.17, 15) is 0 Å². The van der Waals surface area contributed by atoms with Crippen LogP contribution in [0.3, 0.4) is 0 Å². The van der Waals surface area contributed by atoms with Crippen LogP contribution in [0.25, 0.3) is 0 Å². The van der Waals surface area contributed by atoms with Crippen LogP contribution in [0, 0.1) is 0 Å². The third kappa shape index (κ3) is 4.98. The van der Waals surface area contributed by atoms with Crippen LogP contribution in [0.1, 0.15) is 52.9 Å². The Bertz CT molecular complexity index is 153. The van der Waals surface area contributed by atoms with Crippen LogP contribution < -0.4 is 5.32 Å². The maximum absolute atomic E-state index is 3.64. The summed E-state index contributed by atoms with van der Waals surface area (Å²) in [4.78, 5) is 2.63. The zero-order chi connectivity index (χ0) is 11.1. The van der Waals surface area contributed by atoms with Gasteiger partial charge >= 0.3 is 0 Å². The molecule has 0 amide bonds. The summed E-state index contributed by atoms with van der Waals surface area (Å²) in [6.07, 6.45) is 6.81. The highest BCUT2D eigenvalue weighted by atomic mass is 15.2. The first-order valence-electron chi connectivity index (χ1n) is 6.71. The quantitative estimate of drug-likeness (QED) is 0.728. The summed E-state index contributed by atoms with van der Waals surface area (Å²) in [5, 5.41) is 3.64. The third-order valence-electron chi connectivity index (χ3n) is 3.50. The first-order chi connectivity index (χ1) is 7.24. The molecule has 1 saturated heterocycles. The van der Waals surface area contributed by atoms with Gasteiger partial charge in [-0.3, -0.25) is 4.90 Å². The van der Waals surface area contributed by atoms with Gasteiger partial charge in [0.15, 0.2) is 0 Å². The van der Waals surface area contributed by atoms with Crippen molar-refractivity contribution in [3.63, 3.8) is 0 Å². The van der Waals surface area contributed by atoms with Gasteiger partial charge in [0.1, 0.15) is 0 Å². The van der Waals surface area contributed by atoms with Gasteiger partial charge in [0.25, 0.3) is 0 Å². The van der Waals surface area contributed by atoms with Crippen LogP contribution in [-0.4, -0.2) is 36.6 Å². The van der Waals surface area contributed by atoms with Crippen LogP contribution in [0.15, 0.2) is 0 Å². The number of nitrogens with one attached hydrogen (secondary N) is 1. The fourth-order valence-corrected chi connectivity index (χ4v) is 2.40. The van der Waals surface area contributed by atoms with Crippen molar-refractivity contribution in [3.8, 4) is 0 Å². The Morgan fingerprint density at radius 3 is 2.40 bits per heavy atom. The molecular formula is C13H28N2. The lowest BCUT2D eigenvalue weighted by Gasteiger charge is -2.33. The molecule has 2 unspecified atom stereocenters. The number of likely N-dealkylation sites (tertiary alicyclic amines) is 1. The van der Waals surface area contributed by atoms with Gasteiger partial charge in [-0.15, -0.1) is 0 Å². The SMILES string of the molecule is CCCC(C)NCC(C)N1CCCCC1. The van der Waals surface area contributed by atoms with Gasteiger partial charge in [0, 0.05) is 18.6 Å². The predicted octanol–water partition coefficient (Wildman–Crippen LogP) is 2.64. The minimum absolute atomic E-state index is 0.683. The Labute approximate surface area is 95.4 Å². The molecule has 0 aromatic rings. The van der Waals surface area contributed by atoms with Crippen LogP contribution in [0.5, 0.6) is 0 Å². The average molecular weight is 212 g/mol. The smallest absolute Gasteiger partial charge is 0.0192 e. The van der Waals surface area contributed by atoms with Gasteiger partial charge in [-0.2, -0.15) is 0 Å². The van der Waals surface area contributed by atoms with Gasteiger partial charge in [-0.05, 0) is 46.2 Å². The molecule has 1 rings (SSSR count). The molecule has 1 aliphatic rings. The van der Waals surface area contributed by atoms with E-state index in [1.54, 1.807) is 0 Å². The van der Waals surface area contributed by atoms with Crippen LogP contribution in [-0.2, 0) is 0 Å². The predicted molar refractivity (Wildman–Crippen MR) is 67.3 cm³/mol. The summed E-state index contributed by atoms with van der Waals surface area (Å²) in [5.41, 5.74) is 0. The molecule has 1 heterocycles. The molecule has 2 atom stereocenters. The largest absolute Gasteiger partial charge is 0.313 e. The van der Waals surface area contributed by atoms with Crippen molar-refractivity contribution in [3.05, 3.63) is 0 Å². The van der Waals surface area contributed by atoms with E-state index in [4.69, 9.17) is 0 Å². The van der Waals surface area contributed by atoms with Crippen LogP contribution in [0.2, 0.25) is 0 Å². The Kier molecular flexibility index (Phi) is 6.26. The van der Waals surface area contributed by atoms with Gasteiger partial charge in [-0.25, -0.2) is 0 Å². The molecule has 0 aromatic carbocycles. The third-order valence-corrected chi connectivity index (χ3v) is 3.50. The van der Waals surface area contributed by atoms with Crippen molar-refractivity contribution in [2.45, 2.75) is 65.0 Å². The summed E-state index contributed by atoms with van der Waals surface area (Å²) in [6, 6.07) is 1.40. The zero-order valence-electron chi connectivity index (χ0n) is 10.8. The van der Waals surface area contributed by atoms with E-state index in [0.717, 1.165) is 6.54 Å². The van der Waals surface area contributed by atoms with E-state index in [0.29, 0.717) is 12.1 Å². The molecule has 15 heavy (non-hydrogen) atoms. The van der Waals surface area contributed by atoms with Gasteiger partial charge < -0.3 is 5.32 Å². The second-order valence-corrected chi connectivity index (χ2v) is 5.04. The average Bonchev–Trinajstić information content (AvgIpc) is 2.27. The Hall–Kier alpha value is -0.0800. The second-order valence-electron chi connectivity index (χ2n) is 5.04. The van der Waals surface area contributed by atoms with E-state index in [1.807, 2.05) is 0 Å². The van der Waals surface area contributed by atoms with Crippen LogP contribution in [0.4, 0.5) is 0 Å². The highest BCUT2D eigenvalue weighted by Crippen LogP contribution is 2.11. The van der Waals surface area contributed by atoms with E-state index < -0.39 is 0 Å². The van der Waals surface area contributed by atoms with E-state index in [-0.39, 0.29) is 0 Å². The topological polar surface area (TPSA) is 15.3 Å². The maximum atomic E-state index is 3.64. The number of rotatable bonds is 6. The molecule has 0 spiro atoms. The fourth-order valence-electron chi connectivity index (χ4n) is 2.40. The van der Waals surface area contributed by atoms with Crippen molar-refractivity contribution in [2.24, 2.45) is 0 Å². The molecule has 0 radical (unpaired) electrons. The van der Waals surface area contributed by atoms with E-state index >= 15 is 0 Å². The lowest BCUT2D eigenvalue weighted by molar-refractivity contribution is 0.168. The summed E-state index contributed by atoms with van der Waals surface area (Å²) in [5.74, 6) is 0. The lowest BCUT2D eigenvalue weighted by atomic mass is 10.1. The fraction of sp³-hybridized carbons (Fsp3) is 1.00. The molecule has 0 saturated carbocycles. The molecule has 2 nitrogen and oxygen atoms in total. The summed E-state index contributed by atoms with van der Waals surface area (Å²) in [6.45, 7) is 10.7. The van der Waals surface area contributed by atoms with Crippen molar-refractivity contribution in [1.82, 2.24) is 10.2 Å². The minimum Gasteiger partial charge on any atom is -0.313 e. The molecule has 1 aliphatic heterocycles. The van der Waals surface area contributed by atoms with Crippen molar-refractivity contribution >= 4 is 0 Å². The number of piperidine rings is 1. The molecule has 90 valence electrons.